The quantitative estimate of drug-likeness (QED) is 0.738. The van der Waals surface area contributed by atoms with Crippen molar-refractivity contribution in [2.75, 3.05) is 25.1 Å². The molecule has 1 aromatic carbocycles. The van der Waals surface area contributed by atoms with E-state index in [0.717, 1.165) is 11.3 Å². The topological polar surface area (TPSA) is 123 Å². The molecule has 0 unspecified atom stereocenters. The van der Waals surface area contributed by atoms with E-state index in [9.17, 15) is 4.79 Å². The summed E-state index contributed by atoms with van der Waals surface area (Å²) in [5.41, 5.74) is 8.62. The van der Waals surface area contributed by atoms with Gasteiger partial charge in [-0.05, 0) is 30.7 Å². The maximum atomic E-state index is 12.1. The smallest absolute Gasteiger partial charge is 0.253 e. The first-order valence-electron chi connectivity index (χ1n) is 7.44. The number of anilines is 3. The van der Waals surface area contributed by atoms with Crippen LogP contribution in [0.15, 0.2) is 35.2 Å². The van der Waals surface area contributed by atoms with Crippen LogP contribution < -0.4 is 11.1 Å². The molecule has 9 nitrogen and oxygen atoms in total. The summed E-state index contributed by atoms with van der Waals surface area (Å²) in [5, 5.41) is 10.4. The molecule has 0 aliphatic heterocycles. The Morgan fingerprint density at radius 1 is 1.32 bits per heavy atom. The number of nitrogens with one attached hydrogen (secondary N) is 1. The van der Waals surface area contributed by atoms with Gasteiger partial charge in [0, 0.05) is 31.5 Å². The molecule has 2 heterocycles. The van der Waals surface area contributed by atoms with E-state index in [1.165, 1.54) is 17.5 Å². The van der Waals surface area contributed by atoms with Crippen LogP contribution in [0, 0.1) is 6.92 Å². The van der Waals surface area contributed by atoms with Crippen molar-refractivity contribution in [3.05, 3.63) is 41.9 Å². The third-order valence-corrected chi connectivity index (χ3v) is 3.53. The van der Waals surface area contributed by atoms with Gasteiger partial charge in [0.15, 0.2) is 0 Å². The Morgan fingerprint density at radius 2 is 2.12 bits per heavy atom. The van der Waals surface area contributed by atoms with Crippen molar-refractivity contribution in [2.45, 2.75) is 6.92 Å². The summed E-state index contributed by atoms with van der Waals surface area (Å²) in [6.07, 6.45) is 2.72. The summed E-state index contributed by atoms with van der Waals surface area (Å²) in [6, 6.07) is 5.40. The van der Waals surface area contributed by atoms with Crippen molar-refractivity contribution in [2.24, 2.45) is 0 Å². The van der Waals surface area contributed by atoms with Gasteiger partial charge < -0.3 is 20.4 Å². The Balaban J connectivity index is 1.82. The average Bonchev–Trinajstić information content (AvgIpc) is 3.08. The van der Waals surface area contributed by atoms with Gasteiger partial charge in [-0.2, -0.15) is 4.98 Å². The van der Waals surface area contributed by atoms with Gasteiger partial charge >= 0.3 is 0 Å². The highest BCUT2D eigenvalue weighted by Gasteiger charge is 2.13. The summed E-state index contributed by atoms with van der Waals surface area (Å²) in [6.45, 7) is 1.87. The van der Waals surface area contributed by atoms with Gasteiger partial charge in [0.25, 0.3) is 11.8 Å². The second kappa shape index (κ2) is 6.56. The molecule has 0 bridgehead atoms. The van der Waals surface area contributed by atoms with Gasteiger partial charge in [0.1, 0.15) is 5.82 Å². The first-order valence-corrected chi connectivity index (χ1v) is 7.44. The highest BCUT2D eigenvalue weighted by atomic mass is 16.4. The number of carbonyl (C=O) groups is 1. The summed E-state index contributed by atoms with van der Waals surface area (Å²) >= 11 is 0. The number of aryl methyl sites for hydroxylation is 1. The Bertz CT molecular complexity index is 907. The van der Waals surface area contributed by atoms with Gasteiger partial charge in [-0.1, -0.05) is 0 Å². The van der Waals surface area contributed by atoms with Crippen molar-refractivity contribution in [1.82, 2.24) is 25.1 Å². The summed E-state index contributed by atoms with van der Waals surface area (Å²) in [7, 11) is 3.44. The summed E-state index contributed by atoms with van der Waals surface area (Å²) in [4.78, 5) is 22.0. The van der Waals surface area contributed by atoms with E-state index >= 15 is 0 Å². The third kappa shape index (κ3) is 3.39. The molecule has 3 aromatic rings. The zero-order valence-corrected chi connectivity index (χ0v) is 14.0. The fourth-order valence-electron chi connectivity index (χ4n) is 2.26. The van der Waals surface area contributed by atoms with Gasteiger partial charge in [-0.25, -0.2) is 4.98 Å². The number of hydrogen-bond acceptors (Lipinski definition) is 8. The van der Waals surface area contributed by atoms with Gasteiger partial charge in [0.05, 0.1) is 5.56 Å². The van der Waals surface area contributed by atoms with Crippen LogP contribution in [0.3, 0.4) is 0 Å². The number of aromatic nitrogens is 4. The maximum absolute atomic E-state index is 12.1. The molecule has 0 aliphatic rings. The van der Waals surface area contributed by atoms with E-state index in [4.69, 9.17) is 10.2 Å². The van der Waals surface area contributed by atoms with Crippen molar-refractivity contribution >= 4 is 23.4 Å². The zero-order chi connectivity index (χ0) is 18.0. The largest absolute Gasteiger partial charge is 0.423 e. The normalized spacial score (nSPS) is 10.5. The zero-order valence-electron chi connectivity index (χ0n) is 14.0. The minimum atomic E-state index is -0.0477. The molecule has 25 heavy (non-hydrogen) atoms. The number of benzene rings is 1. The minimum absolute atomic E-state index is 0.0477. The fourth-order valence-corrected chi connectivity index (χ4v) is 2.26. The highest BCUT2D eigenvalue weighted by Crippen LogP contribution is 2.24. The molecule has 0 fully saturated rings. The van der Waals surface area contributed by atoms with Crippen LogP contribution in [0.5, 0.6) is 0 Å². The van der Waals surface area contributed by atoms with E-state index < -0.39 is 0 Å². The predicted octanol–water partition coefficient (Wildman–Crippen LogP) is 1.86. The monoisotopic (exact) mass is 339 g/mol. The molecular weight excluding hydrogens is 322 g/mol. The molecule has 9 heteroatoms. The Kier molecular flexibility index (Phi) is 4.29. The van der Waals surface area contributed by atoms with Gasteiger partial charge in [0.2, 0.25) is 12.3 Å². The molecular formula is C16H17N7O2. The fraction of sp³-hybridized carbons (Fsp3) is 0.188. The first kappa shape index (κ1) is 16.4. The lowest BCUT2D eigenvalue weighted by Gasteiger charge is -2.14. The van der Waals surface area contributed by atoms with Gasteiger partial charge in [-0.3, -0.25) is 4.79 Å². The number of amides is 1. The molecule has 3 rings (SSSR count). The number of hydrogen-bond donors (Lipinski definition) is 2. The lowest BCUT2D eigenvalue weighted by molar-refractivity contribution is 0.0827. The van der Waals surface area contributed by atoms with E-state index in [1.807, 2.05) is 13.0 Å². The molecule has 0 radical (unpaired) electrons. The van der Waals surface area contributed by atoms with Crippen LogP contribution in [0.1, 0.15) is 15.9 Å². The Hall–Kier alpha value is -3.49. The van der Waals surface area contributed by atoms with E-state index in [1.54, 1.807) is 26.2 Å². The first-order chi connectivity index (χ1) is 12.0. The van der Waals surface area contributed by atoms with E-state index in [2.05, 4.69) is 25.5 Å². The van der Waals surface area contributed by atoms with Crippen LogP contribution in [-0.2, 0) is 0 Å². The predicted molar refractivity (Wildman–Crippen MR) is 92.2 cm³/mol. The van der Waals surface area contributed by atoms with Crippen LogP contribution >= 0.6 is 0 Å². The van der Waals surface area contributed by atoms with Crippen LogP contribution in [0.2, 0.25) is 0 Å². The molecule has 128 valence electrons. The van der Waals surface area contributed by atoms with Crippen LogP contribution in [-0.4, -0.2) is 45.1 Å². The van der Waals surface area contributed by atoms with Gasteiger partial charge in [-0.15, -0.1) is 10.2 Å². The molecule has 3 N–H and O–H groups in total. The van der Waals surface area contributed by atoms with Crippen molar-refractivity contribution in [1.29, 1.82) is 0 Å². The standard InChI is InChI=1S/C16H17N7O2/c1-9-6-10(4-5-11(9)15(24)23(2)3)20-16-18-7-12(13(17)21-16)14-22-19-8-25-14/h4-8H,1-3H3,(H3,17,18,20,21). The van der Waals surface area contributed by atoms with Crippen LogP contribution in [0.4, 0.5) is 17.5 Å². The lowest BCUT2D eigenvalue weighted by Crippen LogP contribution is -2.22. The lowest BCUT2D eigenvalue weighted by atomic mass is 10.1. The average molecular weight is 339 g/mol. The van der Waals surface area contributed by atoms with E-state index in [0.29, 0.717) is 17.1 Å². The number of nitrogens with zero attached hydrogens (tertiary/aromatic N) is 5. The summed E-state index contributed by atoms with van der Waals surface area (Å²) < 4.78 is 5.09. The molecule has 0 aliphatic carbocycles. The molecule has 0 saturated heterocycles. The number of nitrogens with two attached hydrogens (primary N) is 1. The van der Waals surface area contributed by atoms with Crippen molar-refractivity contribution in [3.8, 4) is 11.5 Å². The molecule has 0 atom stereocenters. The van der Waals surface area contributed by atoms with Crippen molar-refractivity contribution in [3.63, 3.8) is 0 Å². The minimum Gasteiger partial charge on any atom is -0.423 e. The SMILES string of the molecule is Cc1cc(Nc2ncc(-c3nnco3)c(N)n2)ccc1C(=O)N(C)C. The van der Waals surface area contributed by atoms with E-state index in [-0.39, 0.29) is 17.6 Å². The van der Waals surface area contributed by atoms with Crippen molar-refractivity contribution < 1.29 is 9.21 Å². The number of rotatable bonds is 4. The molecule has 1 amide bonds. The molecule has 0 spiro atoms. The molecule has 0 saturated carbocycles. The second-order valence-corrected chi connectivity index (χ2v) is 5.59. The Morgan fingerprint density at radius 3 is 2.72 bits per heavy atom. The maximum Gasteiger partial charge on any atom is 0.253 e. The molecule has 2 aromatic heterocycles. The highest BCUT2D eigenvalue weighted by molar-refractivity contribution is 5.95. The Labute approximate surface area is 143 Å². The third-order valence-electron chi connectivity index (χ3n) is 3.53. The van der Waals surface area contributed by atoms with Crippen LogP contribution in [0.25, 0.3) is 11.5 Å². The number of nitrogen functional groups attached to an aromatic ring is 1. The number of carbonyl (C=O) groups excluding carboxylic acids is 1. The second-order valence-electron chi connectivity index (χ2n) is 5.59. The summed E-state index contributed by atoms with van der Waals surface area (Å²) in [5.74, 6) is 0.754.